The zero-order valence-corrected chi connectivity index (χ0v) is 7.70. The highest BCUT2D eigenvalue weighted by Gasteiger charge is 2.23. The fourth-order valence-corrected chi connectivity index (χ4v) is 1.66. The van der Waals surface area contributed by atoms with Gasteiger partial charge in [0, 0.05) is 5.92 Å². The van der Waals surface area contributed by atoms with Gasteiger partial charge in [-0.05, 0) is 12.8 Å². The van der Waals surface area contributed by atoms with Gasteiger partial charge in [0.1, 0.15) is 0 Å². The van der Waals surface area contributed by atoms with E-state index in [1.165, 1.54) is 0 Å². The topological polar surface area (TPSA) is 69.6 Å². The molecule has 0 heterocycles. The van der Waals surface area contributed by atoms with E-state index in [1.807, 2.05) is 0 Å². The third kappa shape index (κ3) is 2.97. The van der Waals surface area contributed by atoms with Crippen molar-refractivity contribution in [2.45, 2.75) is 31.7 Å². The van der Waals surface area contributed by atoms with E-state index < -0.39 is 6.04 Å². The molecule has 1 rings (SSSR count). The first-order valence-electron chi connectivity index (χ1n) is 4.80. The summed E-state index contributed by atoms with van der Waals surface area (Å²) in [5.41, 5.74) is 0. The number of carbonyl (C=O) groups is 1. The summed E-state index contributed by atoms with van der Waals surface area (Å²) >= 11 is 0. The van der Waals surface area contributed by atoms with Crippen LogP contribution in [0.2, 0.25) is 0 Å². The average Bonchev–Trinajstić information content (AvgIpc) is 2.66. The van der Waals surface area contributed by atoms with E-state index in [4.69, 9.17) is 10.2 Å². The van der Waals surface area contributed by atoms with Gasteiger partial charge in [-0.1, -0.05) is 12.8 Å². The molecule has 1 saturated carbocycles. The summed E-state index contributed by atoms with van der Waals surface area (Å²) in [7, 11) is 0. The van der Waals surface area contributed by atoms with Gasteiger partial charge in [0.2, 0.25) is 5.91 Å². The SMILES string of the molecule is O=C(NC(CO)CO)C1CCCC1. The number of hydrogen-bond donors (Lipinski definition) is 3. The Morgan fingerprint density at radius 3 is 2.31 bits per heavy atom. The van der Waals surface area contributed by atoms with E-state index >= 15 is 0 Å². The molecule has 0 saturated heterocycles. The van der Waals surface area contributed by atoms with Gasteiger partial charge in [-0.25, -0.2) is 0 Å². The maximum absolute atomic E-state index is 11.4. The molecule has 4 heteroatoms. The number of aliphatic hydroxyl groups is 2. The molecule has 0 unspecified atom stereocenters. The lowest BCUT2D eigenvalue weighted by Gasteiger charge is -2.16. The molecular weight excluding hydrogens is 170 g/mol. The smallest absolute Gasteiger partial charge is 0.223 e. The third-order valence-corrected chi connectivity index (χ3v) is 2.51. The maximum Gasteiger partial charge on any atom is 0.223 e. The van der Waals surface area contributed by atoms with Crippen LogP contribution in [0.25, 0.3) is 0 Å². The number of carbonyl (C=O) groups excluding carboxylic acids is 1. The molecule has 0 aliphatic heterocycles. The minimum Gasteiger partial charge on any atom is -0.394 e. The summed E-state index contributed by atoms with van der Waals surface area (Å²) in [4.78, 5) is 11.4. The van der Waals surface area contributed by atoms with Gasteiger partial charge in [0.05, 0.1) is 19.3 Å². The molecule has 0 spiro atoms. The summed E-state index contributed by atoms with van der Waals surface area (Å²) in [5, 5.41) is 20.1. The molecule has 4 nitrogen and oxygen atoms in total. The van der Waals surface area contributed by atoms with Crippen LogP contribution in [0.1, 0.15) is 25.7 Å². The second-order valence-electron chi connectivity index (χ2n) is 3.55. The highest BCUT2D eigenvalue weighted by molar-refractivity contribution is 5.79. The predicted octanol–water partition coefficient (Wildman–Crippen LogP) is -0.354. The van der Waals surface area contributed by atoms with Crippen molar-refractivity contribution in [3.8, 4) is 0 Å². The van der Waals surface area contributed by atoms with Crippen molar-refractivity contribution in [3.63, 3.8) is 0 Å². The molecule has 1 amide bonds. The van der Waals surface area contributed by atoms with Gasteiger partial charge in [-0.15, -0.1) is 0 Å². The minimum absolute atomic E-state index is 0.0226. The Morgan fingerprint density at radius 1 is 1.31 bits per heavy atom. The van der Waals surface area contributed by atoms with E-state index in [1.54, 1.807) is 0 Å². The zero-order chi connectivity index (χ0) is 9.68. The van der Waals surface area contributed by atoms with Crippen molar-refractivity contribution in [1.29, 1.82) is 0 Å². The van der Waals surface area contributed by atoms with Gasteiger partial charge in [-0.3, -0.25) is 4.79 Å². The summed E-state index contributed by atoms with van der Waals surface area (Å²) in [6.07, 6.45) is 4.10. The highest BCUT2D eigenvalue weighted by Crippen LogP contribution is 2.24. The van der Waals surface area contributed by atoms with Crippen LogP contribution in [0, 0.1) is 5.92 Å². The molecular formula is C9H17NO3. The normalized spacial score (nSPS) is 18.1. The molecule has 1 aliphatic rings. The van der Waals surface area contributed by atoms with Crippen molar-refractivity contribution in [3.05, 3.63) is 0 Å². The molecule has 0 aromatic heterocycles. The quantitative estimate of drug-likeness (QED) is 0.563. The first-order valence-corrected chi connectivity index (χ1v) is 4.80. The first kappa shape index (κ1) is 10.5. The molecule has 0 atom stereocenters. The summed E-state index contributed by atoms with van der Waals surface area (Å²) in [6.45, 7) is -0.399. The van der Waals surface area contributed by atoms with E-state index in [0.29, 0.717) is 0 Å². The number of rotatable bonds is 4. The van der Waals surface area contributed by atoms with Gasteiger partial charge in [-0.2, -0.15) is 0 Å². The van der Waals surface area contributed by atoms with Crippen LogP contribution in [0.5, 0.6) is 0 Å². The van der Waals surface area contributed by atoms with Gasteiger partial charge < -0.3 is 15.5 Å². The Kier molecular flexibility index (Phi) is 4.18. The van der Waals surface area contributed by atoms with Crippen LogP contribution in [-0.2, 0) is 4.79 Å². The molecule has 3 N–H and O–H groups in total. The molecule has 1 fully saturated rings. The molecule has 0 bridgehead atoms. The fourth-order valence-electron chi connectivity index (χ4n) is 1.66. The van der Waals surface area contributed by atoms with E-state index in [-0.39, 0.29) is 25.0 Å². The molecule has 13 heavy (non-hydrogen) atoms. The van der Waals surface area contributed by atoms with Crippen LogP contribution in [0.4, 0.5) is 0 Å². The molecule has 0 radical (unpaired) electrons. The minimum atomic E-state index is -0.493. The van der Waals surface area contributed by atoms with Crippen molar-refractivity contribution < 1.29 is 15.0 Å². The van der Waals surface area contributed by atoms with Gasteiger partial charge in [0.25, 0.3) is 0 Å². The highest BCUT2D eigenvalue weighted by atomic mass is 16.3. The van der Waals surface area contributed by atoms with Crippen LogP contribution < -0.4 is 5.32 Å². The van der Waals surface area contributed by atoms with E-state index in [0.717, 1.165) is 25.7 Å². The van der Waals surface area contributed by atoms with Gasteiger partial charge >= 0.3 is 0 Å². The monoisotopic (exact) mass is 187 g/mol. The fraction of sp³-hybridized carbons (Fsp3) is 0.889. The lowest BCUT2D eigenvalue weighted by molar-refractivity contribution is -0.126. The molecule has 76 valence electrons. The zero-order valence-electron chi connectivity index (χ0n) is 7.70. The van der Waals surface area contributed by atoms with Crippen molar-refractivity contribution in [2.75, 3.05) is 13.2 Å². The van der Waals surface area contributed by atoms with Crippen LogP contribution in [-0.4, -0.2) is 35.4 Å². The lowest BCUT2D eigenvalue weighted by atomic mass is 10.1. The summed E-state index contributed by atoms with van der Waals surface area (Å²) in [5.74, 6) is 0.0752. The first-order chi connectivity index (χ1) is 6.27. The number of nitrogens with one attached hydrogen (secondary N) is 1. The van der Waals surface area contributed by atoms with Crippen LogP contribution in [0.15, 0.2) is 0 Å². The number of amides is 1. The summed E-state index contributed by atoms with van der Waals surface area (Å²) in [6, 6.07) is -0.493. The maximum atomic E-state index is 11.4. The van der Waals surface area contributed by atoms with Crippen LogP contribution in [0.3, 0.4) is 0 Å². The lowest BCUT2D eigenvalue weighted by Crippen LogP contribution is -2.42. The van der Waals surface area contributed by atoms with Crippen LogP contribution >= 0.6 is 0 Å². The van der Waals surface area contributed by atoms with Crippen molar-refractivity contribution in [1.82, 2.24) is 5.32 Å². The second kappa shape index (κ2) is 5.19. The van der Waals surface area contributed by atoms with E-state index in [2.05, 4.69) is 5.32 Å². The largest absolute Gasteiger partial charge is 0.394 e. The Balaban J connectivity index is 2.30. The number of hydrogen-bond acceptors (Lipinski definition) is 3. The second-order valence-corrected chi connectivity index (χ2v) is 3.55. The molecule has 1 aliphatic carbocycles. The Labute approximate surface area is 78.0 Å². The van der Waals surface area contributed by atoms with Gasteiger partial charge in [0.15, 0.2) is 0 Å². The standard InChI is InChI=1S/C9H17NO3/c11-5-8(6-12)10-9(13)7-3-1-2-4-7/h7-8,11-12H,1-6H2,(H,10,13). The van der Waals surface area contributed by atoms with Crippen molar-refractivity contribution >= 4 is 5.91 Å². The average molecular weight is 187 g/mol. The van der Waals surface area contributed by atoms with E-state index in [9.17, 15) is 4.79 Å². The molecule has 0 aromatic carbocycles. The predicted molar refractivity (Wildman–Crippen MR) is 48.1 cm³/mol. The Morgan fingerprint density at radius 2 is 1.85 bits per heavy atom. The Hall–Kier alpha value is -0.610. The van der Waals surface area contributed by atoms with Crippen molar-refractivity contribution in [2.24, 2.45) is 5.92 Å². The Bertz CT molecular complexity index is 162. The number of aliphatic hydroxyl groups excluding tert-OH is 2. The molecule has 0 aromatic rings. The third-order valence-electron chi connectivity index (χ3n) is 2.51. The summed E-state index contributed by atoms with van der Waals surface area (Å²) < 4.78 is 0.